The van der Waals surface area contributed by atoms with Crippen molar-refractivity contribution in [2.75, 3.05) is 9.80 Å². The topological polar surface area (TPSA) is 63.1 Å². The van der Waals surface area contributed by atoms with E-state index in [4.69, 9.17) is 18.9 Å². The van der Waals surface area contributed by atoms with Crippen molar-refractivity contribution < 1.29 is 18.9 Å². The number of benzene rings is 22. The number of anilines is 6. The van der Waals surface area contributed by atoms with Crippen molar-refractivity contribution in [1.29, 1.82) is 0 Å². The third-order valence-electron chi connectivity index (χ3n) is 31.6. The van der Waals surface area contributed by atoms with Gasteiger partial charge in [-0.2, -0.15) is 0 Å². The molecule has 0 aliphatic carbocycles. The summed E-state index contributed by atoms with van der Waals surface area (Å²) in [4.78, 5) is 5.27. The molecule has 0 spiro atoms. The van der Waals surface area contributed by atoms with E-state index in [0.29, 0.717) is 23.0 Å². The lowest BCUT2D eigenvalue weighted by Gasteiger charge is -2.48. The molecule has 0 N–H and O–H groups in total. The van der Waals surface area contributed by atoms with E-state index >= 15 is 0 Å². The molecule has 10 nitrogen and oxygen atoms in total. The van der Waals surface area contributed by atoms with Crippen molar-refractivity contribution in [3.63, 3.8) is 0 Å². The first-order valence-corrected chi connectivity index (χ1v) is 49.9. The lowest BCUT2D eigenvalue weighted by atomic mass is 9.28. The Morgan fingerprint density at radius 2 is 0.393 bits per heavy atom. The highest BCUT2D eigenvalue weighted by Crippen LogP contribution is 2.58. The molecule has 0 fully saturated rings. The van der Waals surface area contributed by atoms with Crippen LogP contribution >= 0.6 is 0 Å². The smallest absolute Gasteiger partial charge is 0.261 e. The van der Waals surface area contributed by atoms with E-state index in [2.05, 4.69) is 507 Å². The molecule has 32 rings (SSSR count). The number of fused-ring (bicyclic) bond motifs is 26. The van der Waals surface area contributed by atoms with Crippen LogP contribution < -0.4 is 77.9 Å². The third-order valence-corrected chi connectivity index (χ3v) is 31.6. The van der Waals surface area contributed by atoms with Gasteiger partial charge in [0.2, 0.25) is 0 Å². The Morgan fingerprint density at radius 1 is 0.159 bits per heavy atom. The predicted octanol–water partition coefficient (Wildman–Crippen LogP) is 27.9. The molecule has 0 saturated heterocycles. The largest absolute Gasteiger partial charge is 0.459 e. The Hall–Kier alpha value is -19.0. The molecular formula is C132H79B3N6O4. The number of aromatic nitrogens is 4. The van der Waals surface area contributed by atoms with Gasteiger partial charge in [-0.15, -0.1) is 0 Å². The number of para-hydroxylation sites is 10. The molecule has 6 aliphatic rings. The second-order valence-corrected chi connectivity index (χ2v) is 39.0. The Kier molecular flexibility index (Phi) is 17.0. The lowest BCUT2D eigenvalue weighted by molar-refractivity contribution is 0.466. The number of hydrogen-bond donors (Lipinski definition) is 0. The van der Waals surface area contributed by atoms with E-state index in [1.165, 1.54) is 43.1 Å². The zero-order chi connectivity index (χ0) is 94.5. The summed E-state index contributed by atoms with van der Waals surface area (Å²) < 4.78 is 43.5. The average molecular weight is 1850 g/mol. The molecular weight excluding hydrogens is 1770 g/mol. The quantitative estimate of drug-likeness (QED) is 0.120. The van der Waals surface area contributed by atoms with Crippen LogP contribution in [0.25, 0.3) is 166 Å². The highest BCUT2D eigenvalue weighted by atomic mass is 16.5. The number of nitrogens with zero attached hydrogens (tertiary/aromatic N) is 6. The van der Waals surface area contributed by atoms with Gasteiger partial charge in [-0.25, -0.2) is 0 Å². The van der Waals surface area contributed by atoms with Gasteiger partial charge >= 0.3 is 0 Å². The van der Waals surface area contributed by atoms with Crippen molar-refractivity contribution in [1.82, 2.24) is 18.3 Å². The summed E-state index contributed by atoms with van der Waals surface area (Å²) in [6, 6.07) is 177. The summed E-state index contributed by atoms with van der Waals surface area (Å²) in [6.45, 7) is -1.69. The van der Waals surface area contributed by atoms with Gasteiger partial charge in [-0.1, -0.05) is 358 Å². The molecule has 10 heterocycles. The molecule has 0 unspecified atom stereocenters. The first kappa shape index (κ1) is 79.9. The second kappa shape index (κ2) is 30.8. The van der Waals surface area contributed by atoms with E-state index in [0.717, 1.165) is 229 Å². The van der Waals surface area contributed by atoms with Crippen molar-refractivity contribution in [3.8, 4) is 124 Å². The Bertz CT molecular complexity index is 9200. The first-order valence-electron chi connectivity index (χ1n) is 49.9. The molecule has 26 aromatic rings. The lowest BCUT2D eigenvalue weighted by Crippen LogP contribution is -2.66. The molecule has 0 radical (unpaired) electrons. The van der Waals surface area contributed by atoms with Crippen LogP contribution in [0.1, 0.15) is 0 Å². The summed E-state index contributed by atoms with van der Waals surface area (Å²) in [5, 5.41) is 9.38. The van der Waals surface area contributed by atoms with Crippen molar-refractivity contribution >= 4 is 191 Å². The summed E-state index contributed by atoms with van der Waals surface area (Å²) in [6.07, 6.45) is 0. The van der Waals surface area contributed by atoms with Gasteiger partial charge in [-0.3, -0.25) is 0 Å². The fourth-order valence-corrected chi connectivity index (χ4v) is 25.6. The van der Waals surface area contributed by atoms with Crippen molar-refractivity contribution in [3.05, 3.63) is 479 Å². The minimum Gasteiger partial charge on any atom is -0.459 e. The van der Waals surface area contributed by atoms with Gasteiger partial charge in [0, 0.05) is 158 Å². The van der Waals surface area contributed by atoms with Gasteiger partial charge in [-0.05, 0) is 157 Å². The molecule has 670 valence electrons. The molecule has 0 bridgehead atoms. The van der Waals surface area contributed by atoms with Crippen molar-refractivity contribution in [2.45, 2.75) is 0 Å². The maximum atomic E-state index is 8.72. The third kappa shape index (κ3) is 11.5. The molecule has 13 heteroatoms. The molecule has 0 atom stereocenters. The van der Waals surface area contributed by atoms with E-state index < -0.39 is 20.1 Å². The van der Waals surface area contributed by atoms with E-state index in [1.807, 2.05) is 0 Å². The van der Waals surface area contributed by atoms with Crippen LogP contribution in [0.4, 0.5) is 34.1 Å². The monoisotopic (exact) mass is 1840 g/mol. The summed E-state index contributed by atoms with van der Waals surface area (Å²) >= 11 is 0. The van der Waals surface area contributed by atoms with Crippen LogP contribution in [-0.4, -0.2) is 38.4 Å². The molecule has 22 aromatic carbocycles. The summed E-state index contributed by atoms with van der Waals surface area (Å²) in [7, 11) is 0. The minimum atomic E-state index is -0.760. The van der Waals surface area contributed by atoms with Crippen LogP contribution in [0.15, 0.2) is 479 Å². The highest BCUT2D eigenvalue weighted by molar-refractivity contribution is 7.05. The standard InChI is InChI=1S/C132H79B3N6O4/c1-6-34-80(35-7-1)85-72-114-124-115(73-85)141(130-92(83-40-12-4-13-41-83)54-33-55-93(130)84-42-14-5-15-43-84)117-79-123-128-132(145-121-77-89(139-112-62-30-22-50-100(112)101-51-23-31-63-113(101)139)67-71-105(121)134(128)103-69-65-87(75-119(103)143-123)137-108-58-26-18-46-96(108)97-47-19-27-59-109(97)137)126(117)135(124)125-116(140(114)129-90(81-36-8-2-9-37-81)52-32-53-91(129)82-38-10-3-11-39-82)78-122-127-131(125)144-120-76-88(138-110-60-28-20-48-98(110)99-49-21-29-61-111(99)138)66-70-104(120)133(127)102-68-64-86(74-118(102)142-122)136-106-56-24-16-44-94(106)95-45-17-25-57-107(95)136/h1-79H. The van der Waals surface area contributed by atoms with Gasteiger partial charge in [0.15, 0.2) is 0 Å². The summed E-state index contributed by atoms with van der Waals surface area (Å²) in [5.41, 5.74) is 37.4. The van der Waals surface area contributed by atoms with Crippen LogP contribution in [0.5, 0.6) is 46.0 Å². The minimum absolute atomic E-state index is 0.467. The maximum absolute atomic E-state index is 8.72. The Labute approximate surface area is 835 Å². The van der Waals surface area contributed by atoms with Gasteiger partial charge in [0.05, 0.1) is 55.5 Å². The number of hydrogen-bond acceptors (Lipinski definition) is 6. The number of rotatable bonds is 11. The fraction of sp³-hybridized carbons (Fsp3) is 0. The Morgan fingerprint density at radius 3 is 0.662 bits per heavy atom. The first-order chi connectivity index (χ1) is 72.0. The molecule has 4 aromatic heterocycles. The SMILES string of the molecule is c1ccc(-c2cc3c4c(c2)N(c2c(-c5ccccc5)cccc2-c2ccccc2)c2cc5c6c(c2B4c2c(cc4c7c2Oc2cc(-n8c9ccccc9c9ccccc98)ccc2B7c2ccc(-n7c8ccccc8c8ccccc87)cc2O4)N3c2c(-c3ccccc3)cccc2-c2ccccc2)Oc2cc(-n3c4ccccc4c4ccccc43)ccc2B6c2ccc(-n3c4ccccc4c4ccccc43)cc2O5)cc1. The van der Waals surface area contributed by atoms with E-state index in [-0.39, 0.29) is 0 Å². The second-order valence-electron chi connectivity index (χ2n) is 39.0. The average Bonchev–Trinajstić information content (AvgIpc) is 1.01. The van der Waals surface area contributed by atoms with Gasteiger partial charge in [0.1, 0.15) is 46.0 Å². The van der Waals surface area contributed by atoms with Gasteiger partial charge < -0.3 is 47.0 Å². The van der Waals surface area contributed by atoms with Gasteiger partial charge in [0.25, 0.3) is 20.1 Å². The zero-order valence-corrected chi connectivity index (χ0v) is 78.2. The van der Waals surface area contributed by atoms with Crippen LogP contribution in [0, 0.1) is 0 Å². The predicted molar refractivity (Wildman–Crippen MR) is 600 cm³/mol. The summed E-state index contributed by atoms with van der Waals surface area (Å²) in [5.74, 6) is 5.68. The zero-order valence-electron chi connectivity index (χ0n) is 78.2. The molecule has 145 heavy (non-hydrogen) atoms. The molecule has 0 saturated carbocycles. The normalized spacial score (nSPS) is 13.1. The van der Waals surface area contributed by atoms with Crippen LogP contribution in [0.2, 0.25) is 0 Å². The van der Waals surface area contributed by atoms with E-state index in [9.17, 15) is 0 Å². The number of ether oxygens (including phenoxy) is 4. The van der Waals surface area contributed by atoms with Crippen LogP contribution in [-0.2, 0) is 0 Å². The van der Waals surface area contributed by atoms with Crippen LogP contribution in [0.3, 0.4) is 0 Å². The van der Waals surface area contributed by atoms with E-state index in [1.54, 1.807) is 0 Å². The van der Waals surface area contributed by atoms with Crippen molar-refractivity contribution in [2.24, 2.45) is 0 Å². The molecule has 6 aliphatic heterocycles. The fourth-order valence-electron chi connectivity index (χ4n) is 25.6. The molecule has 0 amide bonds. The Balaban J connectivity index is 0.747. The maximum Gasteiger partial charge on any atom is 0.261 e. The highest BCUT2D eigenvalue weighted by Gasteiger charge is 2.55.